The standard InChI is InChI=1S/C25H30N6O2/c1-26-25(33)22-7-6-19(14-27-22)31-13-8-17(16-31)15-30-11-9-18(10-12-30)23-28-21-5-3-2-4-20(21)24(32)29-23/h2-7,14,17-18H,8-13,15-16H2,1H3,(H,26,33)(H,28,29,32). The topological polar surface area (TPSA) is 94.2 Å². The summed E-state index contributed by atoms with van der Waals surface area (Å²) in [6.45, 7) is 5.18. The van der Waals surface area contributed by atoms with Gasteiger partial charge in [-0.2, -0.15) is 0 Å². The molecule has 33 heavy (non-hydrogen) atoms. The van der Waals surface area contributed by atoms with Crippen LogP contribution >= 0.6 is 0 Å². The molecule has 0 spiro atoms. The molecule has 3 aromatic rings. The predicted octanol–water partition coefficient (Wildman–Crippen LogP) is 2.38. The van der Waals surface area contributed by atoms with E-state index in [0.29, 0.717) is 22.9 Å². The molecular weight excluding hydrogens is 416 g/mol. The van der Waals surface area contributed by atoms with E-state index in [4.69, 9.17) is 4.98 Å². The molecule has 8 nitrogen and oxygen atoms in total. The van der Waals surface area contributed by atoms with Crippen molar-refractivity contribution < 1.29 is 4.79 Å². The Hall–Kier alpha value is -3.26. The van der Waals surface area contributed by atoms with E-state index in [1.807, 2.05) is 30.3 Å². The van der Waals surface area contributed by atoms with E-state index in [-0.39, 0.29) is 11.5 Å². The van der Waals surface area contributed by atoms with Crippen molar-refractivity contribution >= 4 is 22.5 Å². The lowest BCUT2D eigenvalue weighted by atomic mass is 9.94. The minimum Gasteiger partial charge on any atom is -0.370 e. The fourth-order valence-corrected chi connectivity index (χ4v) is 5.10. The van der Waals surface area contributed by atoms with E-state index in [9.17, 15) is 9.59 Å². The molecule has 0 aliphatic carbocycles. The summed E-state index contributed by atoms with van der Waals surface area (Å²) < 4.78 is 0. The molecule has 0 saturated carbocycles. The predicted molar refractivity (Wildman–Crippen MR) is 129 cm³/mol. The molecule has 1 amide bonds. The second kappa shape index (κ2) is 9.31. The van der Waals surface area contributed by atoms with Crippen molar-refractivity contribution in [1.82, 2.24) is 25.2 Å². The first kappa shape index (κ1) is 21.6. The Bertz CT molecular complexity index is 1180. The Balaban J connectivity index is 1.14. The van der Waals surface area contributed by atoms with Crippen molar-refractivity contribution in [3.8, 4) is 0 Å². The van der Waals surface area contributed by atoms with Crippen LogP contribution < -0.4 is 15.8 Å². The highest BCUT2D eigenvalue weighted by Crippen LogP contribution is 2.29. The van der Waals surface area contributed by atoms with Crippen molar-refractivity contribution in [3.63, 3.8) is 0 Å². The van der Waals surface area contributed by atoms with Gasteiger partial charge < -0.3 is 20.1 Å². The average Bonchev–Trinajstić information content (AvgIpc) is 3.32. The molecule has 1 unspecified atom stereocenters. The number of anilines is 1. The summed E-state index contributed by atoms with van der Waals surface area (Å²) in [4.78, 5) is 41.1. The van der Waals surface area contributed by atoms with Gasteiger partial charge in [-0.1, -0.05) is 12.1 Å². The summed E-state index contributed by atoms with van der Waals surface area (Å²) in [7, 11) is 1.61. The first-order valence-corrected chi connectivity index (χ1v) is 11.7. The van der Waals surface area contributed by atoms with Crippen LogP contribution in [0.25, 0.3) is 10.9 Å². The van der Waals surface area contributed by atoms with Crippen molar-refractivity contribution in [2.45, 2.75) is 25.2 Å². The Kier molecular flexibility index (Phi) is 6.09. The highest BCUT2D eigenvalue weighted by Gasteiger charge is 2.28. The van der Waals surface area contributed by atoms with Crippen molar-refractivity contribution in [2.24, 2.45) is 5.92 Å². The number of piperidine rings is 1. The normalized spacial score (nSPS) is 19.8. The number of fused-ring (bicyclic) bond motifs is 1. The maximum Gasteiger partial charge on any atom is 0.269 e. The lowest BCUT2D eigenvalue weighted by molar-refractivity contribution is 0.0958. The molecule has 5 rings (SSSR count). The van der Waals surface area contributed by atoms with Crippen molar-refractivity contribution in [3.05, 3.63) is 64.5 Å². The van der Waals surface area contributed by atoms with Gasteiger partial charge in [0.15, 0.2) is 0 Å². The molecular formula is C25H30N6O2. The van der Waals surface area contributed by atoms with Crippen LogP contribution in [0.15, 0.2) is 47.4 Å². The smallest absolute Gasteiger partial charge is 0.269 e. The van der Waals surface area contributed by atoms with E-state index in [1.165, 1.54) is 0 Å². The molecule has 1 aromatic carbocycles. The zero-order valence-corrected chi connectivity index (χ0v) is 19.0. The number of nitrogens with zero attached hydrogens (tertiary/aromatic N) is 4. The van der Waals surface area contributed by atoms with Crippen LogP contribution in [0.2, 0.25) is 0 Å². The summed E-state index contributed by atoms with van der Waals surface area (Å²) in [6, 6.07) is 11.3. The second-order valence-electron chi connectivity index (χ2n) is 9.12. The van der Waals surface area contributed by atoms with Gasteiger partial charge in [-0.05, 0) is 62.5 Å². The average molecular weight is 447 g/mol. The lowest BCUT2D eigenvalue weighted by Gasteiger charge is -2.33. The quantitative estimate of drug-likeness (QED) is 0.625. The van der Waals surface area contributed by atoms with E-state index < -0.39 is 0 Å². The highest BCUT2D eigenvalue weighted by atomic mass is 16.1. The number of amides is 1. The lowest BCUT2D eigenvalue weighted by Crippen LogP contribution is -2.38. The number of benzene rings is 1. The molecule has 0 radical (unpaired) electrons. The van der Waals surface area contributed by atoms with Gasteiger partial charge in [0, 0.05) is 32.6 Å². The van der Waals surface area contributed by atoms with Crippen LogP contribution in [0, 0.1) is 5.92 Å². The first-order chi connectivity index (χ1) is 16.1. The summed E-state index contributed by atoms with van der Waals surface area (Å²) in [5.74, 6) is 1.60. The number of carbonyl (C=O) groups excluding carboxylic acids is 1. The third-order valence-corrected chi connectivity index (χ3v) is 6.98. The fraction of sp³-hybridized carbons (Fsp3) is 0.440. The number of carbonyl (C=O) groups is 1. The zero-order valence-electron chi connectivity index (χ0n) is 19.0. The number of nitrogens with one attached hydrogen (secondary N) is 2. The maximum absolute atomic E-state index is 12.4. The highest BCUT2D eigenvalue weighted by molar-refractivity contribution is 5.92. The minimum atomic E-state index is -0.160. The van der Waals surface area contributed by atoms with Gasteiger partial charge in [0.2, 0.25) is 0 Å². The van der Waals surface area contributed by atoms with Gasteiger partial charge in [-0.15, -0.1) is 0 Å². The SMILES string of the molecule is CNC(=O)c1ccc(N2CCC(CN3CCC(c4nc5ccccc5c(=O)[nH]4)CC3)C2)cn1. The number of pyridine rings is 1. The minimum absolute atomic E-state index is 0.0399. The van der Waals surface area contributed by atoms with Gasteiger partial charge in [0.1, 0.15) is 11.5 Å². The van der Waals surface area contributed by atoms with E-state index in [0.717, 1.165) is 69.0 Å². The number of hydrogen-bond acceptors (Lipinski definition) is 6. The third kappa shape index (κ3) is 4.61. The molecule has 1 atom stereocenters. The summed E-state index contributed by atoms with van der Waals surface area (Å²) in [6.07, 6.45) is 5.00. The maximum atomic E-state index is 12.4. The number of likely N-dealkylation sites (tertiary alicyclic amines) is 1. The Morgan fingerprint density at radius 1 is 1.12 bits per heavy atom. The molecule has 0 bridgehead atoms. The molecule has 2 N–H and O–H groups in total. The van der Waals surface area contributed by atoms with Gasteiger partial charge >= 0.3 is 0 Å². The van der Waals surface area contributed by atoms with E-state index >= 15 is 0 Å². The summed E-state index contributed by atoms with van der Waals surface area (Å²) >= 11 is 0. The number of rotatable bonds is 5. The largest absolute Gasteiger partial charge is 0.370 e. The first-order valence-electron chi connectivity index (χ1n) is 11.7. The molecule has 2 saturated heterocycles. The van der Waals surface area contributed by atoms with E-state index in [2.05, 4.69) is 25.1 Å². The molecule has 2 aliphatic rings. The number of aromatic nitrogens is 3. The van der Waals surface area contributed by atoms with Gasteiger partial charge in [0.05, 0.1) is 22.8 Å². The summed E-state index contributed by atoms with van der Waals surface area (Å²) in [5.41, 5.74) is 2.27. The zero-order chi connectivity index (χ0) is 22.8. The monoisotopic (exact) mass is 446 g/mol. The van der Waals surface area contributed by atoms with Crippen LogP contribution in [-0.2, 0) is 0 Å². The fourth-order valence-electron chi connectivity index (χ4n) is 5.10. The number of para-hydroxylation sites is 1. The Labute approximate surface area is 193 Å². The molecule has 2 aliphatic heterocycles. The Morgan fingerprint density at radius 2 is 1.94 bits per heavy atom. The van der Waals surface area contributed by atoms with Gasteiger partial charge in [-0.25, -0.2) is 9.97 Å². The number of hydrogen-bond donors (Lipinski definition) is 2. The van der Waals surface area contributed by atoms with E-state index in [1.54, 1.807) is 19.3 Å². The molecule has 4 heterocycles. The van der Waals surface area contributed by atoms with Crippen LogP contribution in [-0.4, -0.2) is 65.5 Å². The molecule has 2 fully saturated rings. The second-order valence-corrected chi connectivity index (χ2v) is 9.12. The molecule has 172 valence electrons. The summed E-state index contributed by atoms with van der Waals surface area (Å²) in [5, 5.41) is 3.26. The van der Waals surface area contributed by atoms with Gasteiger partial charge in [0.25, 0.3) is 11.5 Å². The molecule has 2 aromatic heterocycles. The van der Waals surface area contributed by atoms with Crippen LogP contribution in [0.3, 0.4) is 0 Å². The number of H-pyrrole nitrogens is 1. The third-order valence-electron chi connectivity index (χ3n) is 6.98. The van der Waals surface area contributed by atoms with Crippen molar-refractivity contribution in [1.29, 1.82) is 0 Å². The molecule has 8 heteroatoms. The van der Waals surface area contributed by atoms with Gasteiger partial charge in [-0.3, -0.25) is 9.59 Å². The van der Waals surface area contributed by atoms with Crippen molar-refractivity contribution in [2.75, 3.05) is 44.7 Å². The van der Waals surface area contributed by atoms with Crippen LogP contribution in [0.4, 0.5) is 5.69 Å². The van der Waals surface area contributed by atoms with Crippen LogP contribution in [0.1, 0.15) is 41.5 Å². The Morgan fingerprint density at radius 3 is 2.70 bits per heavy atom. The number of aromatic amines is 1. The van der Waals surface area contributed by atoms with Crippen LogP contribution in [0.5, 0.6) is 0 Å².